The Labute approximate surface area is 95.4 Å². The molecule has 0 aliphatic heterocycles. The number of aryl methyl sites for hydroxylation is 1. The zero-order valence-electron chi connectivity index (χ0n) is 9.09. The minimum absolute atomic E-state index is 0.0544. The number of carbonyl (C=O) groups excluding carboxylic acids is 1. The van der Waals surface area contributed by atoms with Crippen LogP contribution in [0, 0.1) is 0 Å². The van der Waals surface area contributed by atoms with Gasteiger partial charge in [-0.2, -0.15) is 0 Å². The molecule has 0 saturated heterocycles. The zero-order chi connectivity index (χ0) is 12.2. The molecule has 1 rings (SSSR count). The lowest BCUT2D eigenvalue weighted by Crippen LogP contribution is -2.35. The Morgan fingerprint density at radius 3 is 2.38 bits per heavy atom. The Balaban J connectivity index is 2.65. The summed E-state index contributed by atoms with van der Waals surface area (Å²) in [6.45, 7) is 1.32. The molecular formula is C11H15NO3S. The number of amides is 1. The summed E-state index contributed by atoms with van der Waals surface area (Å²) < 4.78 is 23.3. The van der Waals surface area contributed by atoms with Crippen molar-refractivity contribution >= 4 is 15.7 Å². The van der Waals surface area contributed by atoms with Crippen LogP contribution in [-0.2, 0) is 21.1 Å². The summed E-state index contributed by atoms with van der Waals surface area (Å²) in [6.07, 6.45) is 0.404. The molecule has 1 amide bonds. The van der Waals surface area contributed by atoms with Gasteiger partial charge in [0.25, 0.3) is 0 Å². The van der Waals surface area contributed by atoms with E-state index >= 15 is 0 Å². The second-order valence-corrected chi connectivity index (χ2v) is 6.09. The predicted molar refractivity (Wildman–Crippen MR) is 62.6 cm³/mol. The van der Waals surface area contributed by atoms with Gasteiger partial charge in [0.15, 0.2) is 9.84 Å². The average molecular weight is 241 g/mol. The molecule has 5 heteroatoms. The van der Waals surface area contributed by atoms with Crippen molar-refractivity contribution in [2.45, 2.75) is 18.6 Å². The first-order chi connectivity index (χ1) is 7.43. The van der Waals surface area contributed by atoms with Gasteiger partial charge in [-0.05, 0) is 18.9 Å². The predicted octanol–water partition coefficient (Wildman–Crippen LogP) is 0.518. The van der Waals surface area contributed by atoms with Crippen molar-refractivity contribution in [1.82, 2.24) is 0 Å². The number of hydrogen-bond donors (Lipinski definition) is 1. The third-order valence-corrected chi connectivity index (χ3v) is 4.54. The fraction of sp³-hybridized carbons (Fsp3) is 0.364. The molecule has 16 heavy (non-hydrogen) atoms. The smallest absolute Gasteiger partial charge is 0.235 e. The first-order valence-electron chi connectivity index (χ1n) is 4.98. The first-order valence-corrected chi connectivity index (χ1v) is 6.70. The third-order valence-electron chi connectivity index (χ3n) is 2.46. The van der Waals surface area contributed by atoms with Gasteiger partial charge in [0.2, 0.25) is 5.91 Å². The summed E-state index contributed by atoms with van der Waals surface area (Å²) >= 11 is 0. The van der Waals surface area contributed by atoms with E-state index in [9.17, 15) is 13.2 Å². The summed E-state index contributed by atoms with van der Waals surface area (Å²) in [4.78, 5) is 10.8. The molecule has 0 fully saturated rings. The van der Waals surface area contributed by atoms with E-state index in [0.717, 1.165) is 5.56 Å². The van der Waals surface area contributed by atoms with Crippen LogP contribution in [0.5, 0.6) is 0 Å². The highest BCUT2D eigenvalue weighted by Gasteiger charge is 2.25. The minimum atomic E-state index is -3.43. The summed E-state index contributed by atoms with van der Waals surface area (Å²) in [6, 6.07) is 9.26. The Bertz CT molecular complexity index is 453. The molecule has 0 saturated carbocycles. The van der Waals surface area contributed by atoms with Crippen LogP contribution in [0.3, 0.4) is 0 Å². The average Bonchev–Trinajstić information content (AvgIpc) is 2.27. The van der Waals surface area contributed by atoms with Gasteiger partial charge in [-0.3, -0.25) is 4.79 Å². The molecule has 2 N–H and O–H groups in total. The van der Waals surface area contributed by atoms with Crippen LogP contribution in [-0.4, -0.2) is 25.3 Å². The molecule has 88 valence electrons. The molecule has 0 bridgehead atoms. The van der Waals surface area contributed by atoms with Gasteiger partial charge in [-0.25, -0.2) is 8.42 Å². The lowest BCUT2D eigenvalue weighted by atomic mass is 10.2. The second kappa shape index (κ2) is 5.12. The summed E-state index contributed by atoms with van der Waals surface area (Å²) in [7, 11) is -3.43. The summed E-state index contributed by atoms with van der Waals surface area (Å²) in [5, 5.41) is -1.11. The quantitative estimate of drug-likeness (QED) is 0.816. The molecule has 0 aliphatic carbocycles. The Hall–Kier alpha value is -1.36. The molecular weight excluding hydrogens is 226 g/mol. The SMILES string of the molecule is CC(C(N)=O)S(=O)(=O)CCc1ccccc1. The minimum Gasteiger partial charge on any atom is -0.369 e. The fourth-order valence-corrected chi connectivity index (χ4v) is 2.49. The molecule has 1 atom stereocenters. The number of hydrogen-bond acceptors (Lipinski definition) is 3. The number of benzene rings is 1. The van der Waals surface area contributed by atoms with Crippen LogP contribution < -0.4 is 5.73 Å². The van der Waals surface area contributed by atoms with Crippen LogP contribution in [0.15, 0.2) is 30.3 Å². The van der Waals surface area contributed by atoms with Gasteiger partial charge in [0.1, 0.15) is 5.25 Å². The lowest BCUT2D eigenvalue weighted by molar-refractivity contribution is -0.117. The highest BCUT2D eigenvalue weighted by Crippen LogP contribution is 2.06. The van der Waals surface area contributed by atoms with Gasteiger partial charge in [0.05, 0.1) is 5.75 Å². The molecule has 1 unspecified atom stereocenters. The number of nitrogens with two attached hydrogens (primary N) is 1. The number of carbonyl (C=O) groups is 1. The van der Waals surface area contributed by atoms with E-state index in [4.69, 9.17) is 5.73 Å². The summed E-state index contributed by atoms with van der Waals surface area (Å²) in [5.74, 6) is -0.853. The van der Waals surface area contributed by atoms with E-state index < -0.39 is 21.0 Å². The molecule has 1 aromatic carbocycles. The van der Waals surface area contributed by atoms with Gasteiger partial charge in [0, 0.05) is 0 Å². The van der Waals surface area contributed by atoms with E-state index in [1.807, 2.05) is 30.3 Å². The molecule has 0 radical (unpaired) electrons. The van der Waals surface area contributed by atoms with E-state index in [0.29, 0.717) is 6.42 Å². The number of primary amides is 1. The Morgan fingerprint density at radius 1 is 1.31 bits per heavy atom. The van der Waals surface area contributed by atoms with Crippen LogP contribution in [0.4, 0.5) is 0 Å². The molecule has 4 nitrogen and oxygen atoms in total. The summed E-state index contributed by atoms with van der Waals surface area (Å²) in [5.41, 5.74) is 5.91. The van der Waals surface area contributed by atoms with E-state index in [2.05, 4.69) is 0 Å². The second-order valence-electron chi connectivity index (χ2n) is 3.65. The van der Waals surface area contributed by atoms with Crippen LogP contribution in [0.1, 0.15) is 12.5 Å². The van der Waals surface area contributed by atoms with Crippen molar-refractivity contribution in [1.29, 1.82) is 0 Å². The standard InChI is InChI=1S/C11H15NO3S/c1-9(11(12)13)16(14,15)8-7-10-5-3-2-4-6-10/h2-6,9H,7-8H2,1H3,(H2,12,13). The molecule has 0 spiro atoms. The maximum atomic E-state index is 11.6. The monoisotopic (exact) mass is 241 g/mol. The Kier molecular flexibility index (Phi) is 4.06. The maximum absolute atomic E-state index is 11.6. The molecule has 1 aromatic rings. The maximum Gasteiger partial charge on any atom is 0.235 e. The highest BCUT2D eigenvalue weighted by atomic mass is 32.2. The topological polar surface area (TPSA) is 77.2 Å². The van der Waals surface area contributed by atoms with Crippen molar-refractivity contribution in [2.75, 3.05) is 5.75 Å². The Morgan fingerprint density at radius 2 is 1.88 bits per heavy atom. The van der Waals surface area contributed by atoms with Crippen molar-refractivity contribution in [3.63, 3.8) is 0 Å². The van der Waals surface area contributed by atoms with Gasteiger partial charge >= 0.3 is 0 Å². The van der Waals surface area contributed by atoms with Crippen molar-refractivity contribution in [3.8, 4) is 0 Å². The van der Waals surface area contributed by atoms with Gasteiger partial charge in [-0.15, -0.1) is 0 Å². The van der Waals surface area contributed by atoms with Crippen LogP contribution >= 0.6 is 0 Å². The molecule has 0 aliphatic rings. The van der Waals surface area contributed by atoms with Crippen LogP contribution in [0.2, 0.25) is 0 Å². The van der Waals surface area contributed by atoms with Crippen molar-refractivity contribution in [3.05, 3.63) is 35.9 Å². The van der Waals surface area contributed by atoms with E-state index in [-0.39, 0.29) is 5.75 Å². The zero-order valence-corrected chi connectivity index (χ0v) is 9.91. The molecule has 0 aromatic heterocycles. The third kappa shape index (κ3) is 3.34. The normalized spacial score (nSPS) is 13.3. The van der Waals surface area contributed by atoms with E-state index in [1.165, 1.54) is 6.92 Å². The van der Waals surface area contributed by atoms with Crippen LogP contribution in [0.25, 0.3) is 0 Å². The van der Waals surface area contributed by atoms with Crippen molar-refractivity contribution in [2.24, 2.45) is 5.73 Å². The number of sulfone groups is 1. The van der Waals surface area contributed by atoms with E-state index in [1.54, 1.807) is 0 Å². The van der Waals surface area contributed by atoms with Crippen molar-refractivity contribution < 1.29 is 13.2 Å². The number of rotatable bonds is 5. The lowest BCUT2D eigenvalue weighted by Gasteiger charge is -2.08. The van der Waals surface area contributed by atoms with Gasteiger partial charge in [-0.1, -0.05) is 30.3 Å². The fourth-order valence-electron chi connectivity index (χ4n) is 1.26. The molecule has 0 heterocycles. The first kappa shape index (κ1) is 12.7. The largest absolute Gasteiger partial charge is 0.369 e. The van der Waals surface area contributed by atoms with Gasteiger partial charge < -0.3 is 5.73 Å². The highest BCUT2D eigenvalue weighted by molar-refractivity contribution is 7.92.